The zero-order valence-electron chi connectivity index (χ0n) is 33.5. The Morgan fingerprint density at radius 2 is 1.05 bits per heavy atom. The highest BCUT2D eigenvalue weighted by Crippen LogP contribution is 2.48. The van der Waals surface area contributed by atoms with Gasteiger partial charge in [0.05, 0.1) is 16.7 Å². The van der Waals surface area contributed by atoms with E-state index in [9.17, 15) is 0 Å². The fourth-order valence-corrected chi connectivity index (χ4v) is 10.8. The van der Waals surface area contributed by atoms with E-state index in [0.717, 1.165) is 61.4 Å². The Balaban J connectivity index is 1.07. The van der Waals surface area contributed by atoms with Gasteiger partial charge < -0.3 is 13.9 Å². The molecule has 0 amide bonds. The molecule has 0 atom stereocenters. The molecule has 0 saturated heterocycles. The number of aromatic nitrogens is 1. The van der Waals surface area contributed by atoms with E-state index >= 15 is 0 Å². The molecule has 13 aromatic rings. The molecule has 3 nitrogen and oxygen atoms in total. The molecule has 10 aromatic carbocycles. The monoisotopic (exact) mass is 808 g/mol. The van der Waals surface area contributed by atoms with E-state index in [1.165, 1.54) is 58.3 Å². The lowest BCUT2D eigenvalue weighted by Gasteiger charge is -2.29. The minimum atomic E-state index is 0.861. The molecule has 0 aliphatic heterocycles. The van der Waals surface area contributed by atoms with E-state index in [4.69, 9.17) is 4.42 Å². The van der Waals surface area contributed by atoms with Crippen molar-refractivity contribution in [3.63, 3.8) is 0 Å². The van der Waals surface area contributed by atoms with Gasteiger partial charge in [0.2, 0.25) is 0 Å². The van der Waals surface area contributed by atoms with Crippen LogP contribution in [0.15, 0.2) is 223 Å². The number of anilines is 3. The summed E-state index contributed by atoms with van der Waals surface area (Å²) in [5.41, 5.74) is 12.8. The van der Waals surface area contributed by atoms with Crippen molar-refractivity contribution in [3.8, 4) is 27.9 Å². The molecule has 0 N–H and O–H groups in total. The third-order valence-electron chi connectivity index (χ3n) is 12.5. The van der Waals surface area contributed by atoms with Gasteiger partial charge in [-0.1, -0.05) is 133 Å². The summed E-state index contributed by atoms with van der Waals surface area (Å²) in [7, 11) is 0. The van der Waals surface area contributed by atoms with Crippen molar-refractivity contribution in [2.24, 2.45) is 0 Å². The maximum Gasteiger partial charge on any atom is 0.145 e. The van der Waals surface area contributed by atoms with Crippen LogP contribution in [0.3, 0.4) is 0 Å². The van der Waals surface area contributed by atoms with E-state index in [0.29, 0.717) is 0 Å². The van der Waals surface area contributed by atoms with Crippen LogP contribution in [-0.2, 0) is 0 Å². The Kier molecular flexibility index (Phi) is 7.78. The molecule has 0 bridgehead atoms. The Hall–Kier alpha value is -7.92. The lowest BCUT2D eigenvalue weighted by molar-refractivity contribution is 0.670. The molecule has 0 aliphatic rings. The first-order valence-corrected chi connectivity index (χ1v) is 21.9. The summed E-state index contributed by atoms with van der Waals surface area (Å²) < 4.78 is 12.0. The van der Waals surface area contributed by atoms with Gasteiger partial charge in [-0.3, -0.25) is 0 Å². The second kappa shape index (κ2) is 13.8. The maximum absolute atomic E-state index is 6.97. The largest absolute Gasteiger partial charge is 0.455 e. The van der Waals surface area contributed by atoms with E-state index in [1.807, 2.05) is 11.3 Å². The molecule has 0 aliphatic carbocycles. The Morgan fingerprint density at radius 3 is 1.90 bits per heavy atom. The van der Waals surface area contributed by atoms with Crippen molar-refractivity contribution in [2.45, 2.75) is 0 Å². The molecular formula is C58H36N2OS. The van der Waals surface area contributed by atoms with E-state index < -0.39 is 0 Å². The number of hydrogen-bond acceptors (Lipinski definition) is 3. The highest BCUT2D eigenvalue weighted by molar-refractivity contribution is 7.25. The van der Waals surface area contributed by atoms with Gasteiger partial charge in [-0.2, -0.15) is 0 Å². The normalized spacial score (nSPS) is 11.9. The van der Waals surface area contributed by atoms with Gasteiger partial charge >= 0.3 is 0 Å². The molecule has 0 radical (unpaired) electrons. The second-order valence-corrected chi connectivity index (χ2v) is 17.2. The van der Waals surface area contributed by atoms with Crippen LogP contribution in [0, 0.1) is 0 Å². The minimum Gasteiger partial charge on any atom is -0.455 e. The van der Waals surface area contributed by atoms with Gasteiger partial charge in [0.25, 0.3) is 0 Å². The molecule has 3 heterocycles. The number of para-hydroxylation sites is 3. The predicted octanol–water partition coefficient (Wildman–Crippen LogP) is 17.0. The third-order valence-corrected chi connectivity index (χ3v) is 13.7. The van der Waals surface area contributed by atoms with Crippen LogP contribution in [0.4, 0.5) is 17.1 Å². The van der Waals surface area contributed by atoms with Crippen molar-refractivity contribution in [2.75, 3.05) is 4.90 Å². The van der Waals surface area contributed by atoms with Crippen molar-refractivity contribution in [3.05, 3.63) is 218 Å². The standard InChI is InChI=1S/C58H36N2OS/c1-2-14-38-33-44(29-27-37(38)13-1)59(42-17-11-15-39(34-42)40-28-32-56-50(36-40)48-22-6-10-26-55(48)62-56)53-31-30-49-47-21-5-9-25-54(47)61-58(49)57(53)41-16-12-18-43(35-41)60-51-23-7-3-19-45(51)46-20-4-8-24-52(46)60/h1-36H. The Labute approximate surface area is 361 Å². The average Bonchev–Trinajstić information content (AvgIpc) is 4.01. The van der Waals surface area contributed by atoms with Crippen molar-refractivity contribution < 1.29 is 4.42 Å². The number of rotatable bonds is 6. The Bertz CT molecular complexity index is 3850. The topological polar surface area (TPSA) is 21.3 Å². The fourth-order valence-electron chi connectivity index (χ4n) is 9.72. The minimum absolute atomic E-state index is 0.861. The van der Waals surface area contributed by atoms with E-state index in [-0.39, 0.29) is 0 Å². The molecule has 0 unspecified atom stereocenters. The second-order valence-electron chi connectivity index (χ2n) is 16.1. The fraction of sp³-hybridized carbons (Fsp3) is 0. The van der Waals surface area contributed by atoms with Gasteiger partial charge in [0, 0.05) is 64.3 Å². The molecule has 62 heavy (non-hydrogen) atoms. The van der Waals surface area contributed by atoms with Crippen LogP contribution >= 0.6 is 11.3 Å². The number of benzene rings is 10. The average molecular weight is 809 g/mol. The number of fused-ring (bicyclic) bond motifs is 10. The third kappa shape index (κ3) is 5.44. The van der Waals surface area contributed by atoms with Gasteiger partial charge in [-0.15, -0.1) is 11.3 Å². The first-order chi connectivity index (χ1) is 30.7. The molecular weight excluding hydrogens is 773 g/mol. The van der Waals surface area contributed by atoms with Crippen LogP contribution in [0.25, 0.3) is 103 Å². The summed E-state index contributed by atoms with van der Waals surface area (Å²) in [6, 6.07) is 79.3. The first-order valence-electron chi connectivity index (χ1n) is 21.1. The van der Waals surface area contributed by atoms with Crippen LogP contribution in [0.2, 0.25) is 0 Å². The summed E-state index contributed by atoms with van der Waals surface area (Å²) in [6.45, 7) is 0. The molecule has 0 spiro atoms. The number of furan rings is 1. The zero-order valence-corrected chi connectivity index (χ0v) is 34.3. The van der Waals surface area contributed by atoms with Crippen LogP contribution in [0.5, 0.6) is 0 Å². The lowest BCUT2D eigenvalue weighted by Crippen LogP contribution is -2.11. The summed E-state index contributed by atoms with van der Waals surface area (Å²) in [6.07, 6.45) is 0. The molecule has 0 fully saturated rings. The summed E-state index contributed by atoms with van der Waals surface area (Å²) in [5.74, 6) is 0. The number of thiophene rings is 1. The number of hydrogen-bond donors (Lipinski definition) is 0. The van der Waals surface area contributed by atoms with E-state index in [1.54, 1.807) is 0 Å². The quantitative estimate of drug-likeness (QED) is 0.167. The molecule has 4 heteroatoms. The molecule has 13 rings (SSSR count). The van der Waals surface area contributed by atoms with Crippen LogP contribution in [0.1, 0.15) is 0 Å². The highest BCUT2D eigenvalue weighted by Gasteiger charge is 2.24. The highest BCUT2D eigenvalue weighted by atomic mass is 32.1. The first kappa shape index (κ1) is 34.9. The van der Waals surface area contributed by atoms with Crippen molar-refractivity contribution >= 4 is 103 Å². The van der Waals surface area contributed by atoms with E-state index in [2.05, 4.69) is 228 Å². The van der Waals surface area contributed by atoms with Crippen molar-refractivity contribution in [1.82, 2.24) is 4.57 Å². The maximum atomic E-state index is 6.97. The summed E-state index contributed by atoms with van der Waals surface area (Å²) in [4.78, 5) is 2.42. The SMILES string of the molecule is c1cc(-c2ccc3sc4ccccc4c3c2)cc(N(c2ccc3ccccc3c2)c2ccc3c(oc4ccccc43)c2-c2cccc(-n3c4ccccc4c4ccccc43)c2)c1. The van der Waals surface area contributed by atoms with Crippen LogP contribution in [-0.4, -0.2) is 4.57 Å². The Morgan fingerprint density at radius 1 is 0.387 bits per heavy atom. The molecule has 290 valence electrons. The van der Waals surface area contributed by atoms with Gasteiger partial charge in [0.15, 0.2) is 0 Å². The molecule has 3 aromatic heterocycles. The lowest BCUT2D eigenvalue weighted by atomic mass is 9.97. The van der Waals surface area contributed by atoms with Gasteiger partial charge in [-0.05, 0) is 112 Å². The predicted molar refractivity (Wildman–Crippen MR) is 264 cm³/mol. The van der Waals surface area contributed by atoms with Gasteiger partial charge in [-0.25, -0.2) is 0 Å². The number of nitrogens with zero attached hydrogens (tertiary/aromatic N) is 2. The van der Waals surface area contributed by atoms with Gasteiger partial charge in [0.1, 0.15) is 11.2 Å². The zero-order chi connectivity index (χ0) is 40.7. The summed E-state index contributed by atoms with van der Waals surface area (Å²) >= 11 is 1.85. The van der Waals surface area contributed by atoms with Crippen molar-refractivity contribution in [1.29, 1.82) is 0 Å². The van der Waals surface area contributed by atoms with Crippen LogP contribution < -0.4 is 4.90 Å². The smallest absolute Gasteiger partial charge is 0.145 e. The molecule has 0 saturated carbocycles. The summed E-state index contributed by atoms with van der Waals surface area (Å²) in [5, 5.41) is 9.64.